The van der Waals surface area contributed by atoms with Gasteiger partial charge in [-0.15, -0.1) is 0 Å². The topological polar surface area (TPSA) is 68.3 Å². The fourth-order valence-electron chi connectivity index (χ4n) is 1.39. The summed E-state index contributed by atoms with van der Waals surface area (Å²) < 4.78 is 6.74. The first-order valence-corrected chi connectivity index (χ1v) is 6.57. The number of furan rings is 1. The number of hydrogen-bond donors (Lipinski definition) is 1. The van der Waals surface area contributed by atoms with E-state index in [1.807, 2.05) is 6.07 Å². The van der Waals surface area contributed by atoms with E-state index >= 15 is 0 Å². The molecule has 1 aromatic heterocycles. The van der Waals surface area contributed by atoms with Gasteiger partial charge in [-0.1, -0.05) is 0 Å². The highest BCUT2D eigenvalue weighted by atomic mass is 79.9. The molecule has 18 heavy (non-hydrogen) atoms. The smallest absolute Gasteiger partial charge is 0.271 e. The molecule has 0 amide bonds. The number of benzene rings is 1. The van der Waals surface area contributed by atoms with Gasteiger partial charge in [0.1, 0.15) is 5.76 Å². The van der Waals surface area contributed by atoms with Gasteiger partial charge in [0, 0.05) is 16.6 Å². The van der Waals surface area contributed by atoms with Gasteiger partial charge >= 0.3 is 0 Å². The molecule has 0 bridgehead atoms. The van der Waals surface area contributed by atoms with Crippen LogP contribution in [0.4, 0.5) is 11.4 Å². The van der Waals surface area contributed by atoms with Gasteiger partial charge in [-0.3, -0.25) is 10.1 Å². The van der Waals surface area contributed by atoms with Crippen LogP contribution in [0.2, 0.25) is 0 Å². The predicted molar refractivity (Wildman–Crippen MR) is 74.5 cm³/mol. The molecule has 0 aliphatic rings. The highest BCUT2D eigenvalue weighted by molar-refractivity contribution is 9.10. The van der Waals surface area contributed by atoms with Crippen LogP contribution in [0.25, 0.3) is 0 Å². The third-order valence-corrected chi connectivity index (χ3v) is 3.36. The molecular formula is C11H8Br2N2O3. The van der Waals surface area contributed by atoms with E-state index in [0.29, 0.717) is 16.9 Å². The van der Waals surface area contributed by atoms with E-state index in [2.05, 4.69) is 37.2 Å². The Bertz CT molecular complexity index is 583. The molecule has 94 valence electrons. The minimum absolute atomic E-state index is 0.0429. The van der Waals surface area contributed by atoms with Crippen molar-refractivity contribution in [1.29, 1.82) is 0 Å². The SMILES string of the molecule is O=[N+]([O-])c1ccc(Br)c(NCc2ccc(Br)o2)c1. The third-order valence-electron chi connectivity index (χ3n) is 2.24. The largest absolute Gasteiger partial charge is 0.452 e. The lowest BCUT2D eigenvalue weighted by molar-refractivity contribution is -0.384. The maximum absolute atomic E-state index is 10.7. The van der Waals surface area contributed by atoms with Crippen molar-refractivity contribution in [3.05, 3.63) is 55.3 Å². The zero-order chi connectivity index (χ0) is 13.1. The van der Waals surface area contributed by atoms with Crippen LogP contribution >= 0.6 is 31.9 Å². The molecule has 0 saturated heterocycles. The Kier molecular flexibility index (Phi) is 4.03. The summed E-state index contributed by atoms with van der Waals surface area (Å²) in [6.07, 6.45) is 0. The van der Waals surface area contributed by atoms with Crippen LogP contribution in [0.1, 0.15) is 5.76 Å². The standard InChI is InChI=1S/C11H8Br2N2O3/c12-9-3-1-7(15(16)17)5-10(9)14-6-8-2-4-11(13)18-8/h1-5,14H,6H2. The zero-order valence-corrected chi connectivity index (χ0v) is 12.2. The van der Waals surface area contributed by atoms with Gasteiger partial charge in [0.05, 0.1) is 17.2 Å². The van der Waals surface area contributed by atoms with Crippen LogP contribution in [-0.2, 0) is 6.54 Å². The number of anilines is 1. The highest BCUT2D eigenvalue weighted by Gasteiger charge is 2.09. The molecule has 7 heteroatoms. The molecule has 0 aliphatic heterocycles. The molecule has 0 atom stereocenters. The molecule has 0 unspecified atom stereocenters. The summed E-state index contributed by atoms with van der Waals surface area (Å²) in [4.78, 5) is 10.3. The maximum Gasteiger partial charge on any atom is 0.271 e. The molecule has 2 aromatic rings. The van der Waals surface area contributed by atoms with E-state index in [1.54, 1.807) is 12.1 Å². The van der Waals surface area contributed by atoms with E-state index in [0.717, 1.165) is 10.2 Å². The average molecular weight is 376 g/mol. The lowest BCUT2D eigenvalue weighted by Crippen LogP contribution is -1.99. The number of nitrogens with zero attached hydrogens (tertiary/aromatic N) is 1. The van der Waals surface area contributed by atoms with Crippen LogP contribution < -0.4 is 5.32 Å². The first-order valence-electron chi connectivity index (χ1n) is 4.98. The maximum atomic E-state index is 10.7. The summed E-state index contributed by atoms with van der Waals surface area (Å²) >= 11 is 6.54. The lowest BCUT2D eigenvalue weighted by Gasteiger charge is -2.06. The Balaban J connectivity index is 2.13. The van der Waals surface area contributed by atoms with Gasteiger partial charge in [-0.2, -0.15) is 0 Å². The van der Waals surface area contributed by atoms with Gasteiger partial charge < -0.3 is 9.73 Å². The van der Waals surface area contributed by atoms with Gasteiger partial charge in [-0.05, 0) is 50.1 Å². The Hall–Kier alpha value is -1.34. The first-order chi connectivity index (χ1) is 8.56. The lowest BCUT2D eigenvalue weighted by atomic mass is 10.3. The van der Waals surface area contributed by atoms with Crippen LogP contribution in [0, 0.1) is 10.1 Å². The van der Waals surface area contributed by atoms with E-state index in [-0.39, 0.29) is 5.69 Å². The van der Waals surface area contributed by atoms with Crippen molar-refractivity contribution in [2.45, 2.75) is 6.54 Å². The van der Waals surface area contributed by atoms with Crippen molar-refractivity contribution in [2.75, 3.05) is 5.32 Å². The average Bonchev–Trinajstić information content (AvgIpc) is 2.74. The number of non-ortho nitro benzene ring substituents is 1. The van der Waals surface area contributed by atoms with Crippen molar-refractivity contribution in [2.24, 2.45) is 0 Å². The molecule has 1 aromatic carbocycles. The second kappa shape index (κ2) is 5.53. The molecule has 0 saturated carbocycles. The van der Waals surface area contributed by atoms with Crippen LogP contribution in [0.5, 0.6) is 0 Å². The summed E-state index contributed by atoms with van der Waals surface area (Å²) in [6, 6.07) is 8.17. The van der Waals surface area contributed by atoms with E-state index in [1.165, 1.54) is 12.1 Å². The molecule has 0 fully saturated rings. The second-order valence-corrected chi connectivity index (χ2v) is 5.12. The highest BCUT2D eigenvalue weighted by Crippen LogP contribution is 2.27. The molecule has 2 rings (SSSR count). The van der Waals surface area contributed by atoms with E-state index in [9.17, 15) is 10.1 Å². The second-order valence-electron chi connectivity index (χ2n) is 3.48. The summed E-state index contributed by atoms with van der Waals surface area (Å²) in [5, 5.41) is 13.8. The number of nitro benzene ring substituents is 1. The molecular weight excluding hydrogens is 368 g/mol. The zero-order valence-electron chi connectivity index (χ0n) is 9.02. The minimum Gasteiger partial charge on any atom is -0.452 e. The summed E-state index contributed by atoms with van der Waals surface area (Å²) in [7, 11) is 0. The Morgan fingerprint density at radius 3 is 2.67 bits per heavy atom. The summed E-state index contributed by atoms with van der Waals surface area (Å²) in [5.74, 6) is 0.736. The quantitative estimate of drug-likeness (QED) is 0.638. The van der Waals surface area contributed by atoms with Crippen molar-refractivity contribution in [1.82, 2.24) is 0 Å². The van der Waals surface area contributed by atoms with Crippen molar-refractivity contribution < 1.29 is 9.34 Å². The fourth-order valence-corrected chi connectivity index (χ4v) is 2.12. The molecule has 5 nitrogen and oxygen atoms in total. The van der Waals surface area contributed by atoms with Crippen LogP contribution in [0.15, 0.2) is 43.9 Å². The summed E-state index contributed by atoms with van der Waals surface area (Å²) in [6.45, 7) is 0.450. The number of nitro groups is 1. The predicted octanol–water partition coefficient (Wildman–Crippen LogP) is 4.32. The molecule has 0 radical (unpaired) electrons. The van der Waals surface area contributed by atoms with Gasteiger partial charge in [0.2, 0.25) is 0 Å². The van der Waals surface area contributed by atoms with Gasteiger partial charge in [0.15, 0.2) is 4.67 Å². The normalized spacial score (nSPS) is 10.3. The van der Waals surface area contributed by atoms with Gasteiger partial charge in [-0.25, -0.2) is 0 Å². The van der Waals surface area contributed by atoms with Crippen molar-refractivity contribution >= 4 is 43.2 Å². The van der Waals surface area contributed by atoms with Crippen molar-refractivity contribution in [3.63, 3.8) is 0 Å². The molecule has 0 aliphatic carbocycles. The third kappa shape index (κ3) is 3.11. The monoisotopic (exact) mass is 374 g/mol. The van der Waals surface area contributed by atoms with Gasteiger partial charge in [0.25, 0.3) is 5.69 Å². The Morgan fingerprint density at radius 2 is 2.06 bits per heavy atom. The molecule has 0 spiro atoms. The van der Waals surface area contributed by atoms with Crippen LogP contribution in [0.3, 0.4) is 0 Å². The molecule has 1 N–H and O–H groups in total. The number of rotatable bonds is 4. The number of hydrogen-bond acceptors (Lipinski definition) is 4. The minimum atomic E-state index is -0.429. The van der Waals surface area contributed by atoms with E-state index in [4.69, 9.17) is 4.42 Å². The molecule has 1 heterocycles. The van der Waals surface area contributed by atoms with E-state index < -0.39 is 4.92 Å². The van der Waals surface area contributed by atoms with Crippen molar-refractivity contribution in [3.8, 4) is 0 Å². The number of halogens is 2. The first kappa shape index (κ1) is 13.1. The Labute approximate surface area is 120 Å². The fraction of sp³-hybridized carbons (Fsp3) is 0.0909. The van der Waals surface area contributed by atoms with Crippen LogP contribution in [-0.4, -0.2) is 4.92 Å². The Morgan fingerprint density at radius 1 is 1.28 bits per heavy atom. The number of nitrogens with one attached hydrogen (secondary N) is 1. The summed E-state index contributed by atoms with van der Waals surface area (Å²) in [5.41, 5.74) is 0.693.